The van der Waals surface area contributed by atoms with Gasteiger partial charge in [-0.25, -0.2) is 4.68 Å². The molecule has 0 amide bonds. The van der Waals surface area contributed by atoms with Crippen LogP contribution < -0.4 is 4.74 Å². The molecule has 0 aliphatic carbocycles. The molecule has 0 radical (unpaired) electrons. The third-order valence-corrected chi connectivity index (χ3v) is 3.94. The SMILES string of the molecule is Cc1cc(C#N)ccc1OCc1c(C#N)c(C)nn1-c1ccccc1. The molecule has 0 unspecified atom stereocenters. The maximum Gasteiger partial charge on any atom is 0.132 e. The van der Waals surface area contributed by atoms with E-state index in [2.05, 4.69) is 17.2 Å². The van der Waals surface area contributed by atoms with E-state index in [9.17, 15) is 5.26 Å². The van der Waals surface area contributed by atoms with E-state index in [-0.39, 0.29) is 6.61 Å². The Labute approximate surface area is 146 Å². The number of aromatic nitrogens is 2. The Kier molecular flexibility index (Phi) is 4.50. The van der Waals surface area contributed by atoms with Crippen LogP contribution in [0.3, 0.4) is 0 Å². The first kappa shape index (κ1) is 16.3. The van der Waals surface area contributed by atoms with Crippen molar-refractivity contribution in [2.24, 2.45) is 0 Å². The maximum absolute atomic E-state index is 9.48. The lowest BCUT2D eigenvalue weighted by atomic mass is 10.1. The summed E-state index contributed by atoms with van der Waals surface area (Å²) in [5.41, 5.74) is 4.24. The third-order valence-electron chi connectivity index (χ3n) is 3.94. The Bertz CT molecular complexity index is 991. The van der Waals surface area contributed by atoms with Crippen LogP contribution in [0.5, 0.6) is 5.75 Å². The van der Waals surface area contributed by atoms with E-state index in [1.807, 2.05) is 44.2 Å². The molecule has 5 nitrogen and oxygen atoms in total. The second kappa shape index (κ2) is 6.90. The molecule has 0 aliphatic rings. The second-order valence-electron chi connectivity index (χ2n) is 5.65. The Hall–Kier alpha value is -3.57. The number of aryl methyl sites for hydroxylation is 2. The van der Waals surface area contributed by atoms with Crippen molar-refractivity contribution < 1.29 is 4.74 Å². The molecule has 0 N–H and O–H groups in total. The molecule has 1 aromatic heterocycles. The molecule has 3 aromatic rings. The summed E-state index contributed by atoms with van der Waals surface area (Å²) in [5, 5.41) is 22.9. The van der Waals surface area contributed by atoms with Crippen molar-refractivity contribution in [3.63, 3.8) is 0 Å². The smallest absolute Gasteiger partial charge is 0.132 e. The fourth-order valence-electron chi connectivity index (χ4n) is 2.66. The van der Waals surface area contributed by atoms with Crippen LogP contribution >= 0.6 is 0 Å². The van der Waals surface area contributed by atoms with Gasteiger partial charge >= 0.3 is 0 Å². The predicted molar refractivity (Wildman–Crippen MR) is 93.2 cm³/mol. The van der Waals surface area contributed by atoms with Crippen LogP contribution in [-0.4, -0.2) is 9.78 Å². The van der Waals surface area contributed by atoms with Gasteiger partial charge in [-0.05, 0) is 49.7 Å². The highest BCUT2D eigenvalue weighted by atomic mass is 16.5. The lowest BCUT2D eigenvalue weighted by Crippen LogP contribution is -2.07. The van der Waals surface area contributed by atoms with Crippen molar-refractivity contribution in [1.82, 2.24) is 9.78 Å². The minimum absolute atomic E-state index is 0.214. The van der Waals surface area contributed by atoms with E-state index in [1.54, 1.807) is 22.9 Å². The zero-order chi connectivity index (χ0) is 17.8. The third kappa shape index (κ3) is 3.22. The molecular formula is C20H16N4O. The Balaban J connectivity index is 1.95. The van der Waals surface area contributed by atoms with Gasteiger partial charge in [-0.15, -0.1) is 0 Å². The summed E-state index contributed by atoms with van der Waals surface area (Å²) >= 11 is 0. The van der Waals surface area contributed by atoms with E-state index in [0.29, 0.717) is 28.3 Å². The summed E-state index contributed by atoms with van der Waals surface area (Å²) in [7, 11) is 0. The summed E-state index contributed by atoms with van der Waals surface area (Å²) in [6.45, 7) is 3.92. The van der Waals surface area contributed by atoms with Crippen molar-refractivity contribution in [2.45, 2.75) is 20.5 Å². The lowest BCUT2D eigenvalue weighted by Gasteiger charge is -2.11. The number of hydrogen-bond acceptors (Lipinski definition) is 4. The van der Waals surface area contributed by atoms with Crippen LogP contribution in [0.4, 0.5) is 0 Å². The maximum atomic E-state index is 9.48. The molecule has 5 heteroatoms. The monoisotopic (exact) mass is 328 g/mol. The zero-order valence-electron chi connectivity index (χ0n) is 14.0. The molecule has 0 saturated carbocycles. The second-order valence-corrected chi connectivity index (χ2v) is 5.65. The molecule has 0 bridgehead atoms. The van der Waals surface area contributed by atoms with E-state index < -0.39 is 0 Å². The first-order chi connectivity index (χ1) is 12.1. The van der Waals surface area contributed by atoms with Crippen LogP contribution in [-0.2, 0) is 6.61 Å². The number of nitrogens with zero attached hydrogens (tertiary/aromatic N) is 4. The molecule has 2 aromatic carbocycles. The molecule has 0 spiro atoms. The van der Waals surface area contributed by atoms with Gasteiger partial charge in [0.1, 0.15) is 24.0 Å². The van der Waals surface area contributed by atoms with Gasteiger partial charge in [-0.3, -0.25) is 0 Å². The van der Waals surface area contributed by atoms with Gasteiger partial charge in [-0.2, -0.15) is 15.6 Å². The van der Waals surface area contributed by atoms with Gasteiger partial charge in [0.05, 0.1) is 28.7 Å². The summed E-state index contributed by atoms with van der Waals surface area (Å²) in [4.78, 5) is 0. The zero-order valence-corrected chi connectivity index (χ0v) is 14.0. The van der Waals surface area contributed by atoms with Crippen molar-refractivity contribution >= 4 is 0 Å². The highest BCUT2D eigenvalue weighted by Gasteiger charge is 2.17. The fourth-order valence-corrected chi connectivity index (χ4v) is 2.66. The molecular weight excluding hydrogens is 312 g/mol. The molecule has 0 saturated heterocycles. The Morgan fingerprint density at radius 1 is 1.04 bits per heavy atom. The van der Waals surface area contributed by atoms with Crippen LogP contribution in [0.1, 0.15) is 28.1 Å². The molecule has 122 valence electrons. The van der Waals surface area contributed by atoms with E-state index >= 15 is 0 Å². The van der Waals surface area contributed by atoms with Crippen LogP contribution in [0.2, 0.25) is 0 Å². The topological polar surface area (TPSA) is 74.6 Å². The number of ether oxygens (including phenoxy) is 1. The summed E-state index contributed by atoms with van der Waals surface area (Å²) in [6, 6.07) is 19.2. The first-order valence-corrected chi connectivity index (χ1v) is 7.81. The van der Waals surface area contributed by atoms with Crippen LogP contribution in [0, 0.1) is 36.5 Å². The van der Waals surface area contributed by atoms with Gasteiger partial charge in [-0.1, -0.05) is 18.2 Å². The molecule has 25 heavy (non-hydrogen) atoms. The van der Waals surface area contributed by atoms with Gasteiger partial charge in [0.2, 0.25) is 0 Å². The minimum atomic E-state index is 0.214. The van der Waals surface area contributed by atoms with Crippen molar-refractivity contribution in [3.05, 3.63) is 76.6 Å². The number of rotatable bonds is 4. The van der Waals surface area contributed by atoms with Crippen LogP contribution in [0.15, 0.2) is 48.5 Å². The van der Waals surface area contributed by atoms with Crippen molar-refractivity contribution in [2.75, 3.05) is 0 Å². The largest absolute Gasteiger partial charge is 0.487 e. The van der Waals surface area contributed by atoms with Gasteiger partial charge in [0.25, 0.3) is 0 Å². The number of hydrogen-bond donors (Lipinski definition) is 0. The molecule has 0 aliphatic heterocycles. The van der Waals surface area contributed by atoms with Crippen molar-refractivity contribution in [1.29, 1.82) is 10.5 Å². The Morgan fingerprint density at radius 3 is 2.44 bits per heavy atom. The summed E-state index contributed by atoms with van der Waals surface area (Å²) < 4.78 is 7.66. The van der Waals surface area contributed by atoms with E-state index in [4.69, 9.17) is 10.00 Å². The highest BCUT2D eigenvalue weighted by Crippen LogP contribution is 2.23. The van der Waals surface area contributed by atoms with E-state index in [1.165, 1.54) is 0 Å². The highest BCUT2D eigenvalue weighted by molar-refractivity contribution is 5.44. The van der Waals surface area contributed by atoms with Crippen molar-refractivity contribution in [3.8, 4) is 23.6 Å². The summed E-state index contributed by atoms with van der Waals surface area (Å²) in [5.74, 6) is 0.682. The average Bonchev–Trinajstić information content (AvgIpc) is 2.96. The summed E-state index contributed by atoms with van der Waals surface area (Å²) in [6.07, 6.45) is 0. The fraction of sp³-hybridized carbons (Fsp3) is 0.150. The van der Waals surface area contributed by atoms with Gasteiger partial charge in [0.15, 0.2) is 0 Å². The standard InChI is InChI=1S/C20H16N4O/c1-14-10-16(11-21)8-9-20(14)25-13-19-18(12-22)15(2)23-24(19)17-6-4-3-5-7-17/h3-10H,13H2,1-2H3. The number of para-hydroxylation sites is 1. The molecule has 0 atom stereocenters. The minimum Gasteiger partial charge on any atom is -0.487 e. The first-order valence-electron chi connectivity index (χ1n) is 7.81. The quantitative estimate of drug-likeness (QED) is 0.730. The van der Waals surface area contributed by atoms with Gasteiger partial charge in [0, 0.05) is 0 Å². The number of nitriles is 2. The number of benzene rings is 2. The molecule has 0 fully saturated rings. The normalized spacial score (nSPS) is 10.1. The van der Waals surface area contributed by atoms with Gasteiger partial charge < -0.3 is 4.74 Å². The lowest BCUT2D eigenvalue weighted by molar-refractivity contribution is 0.295. The molecule has 3 rings (SSSR count). The Morgan fingerprint density at radius 2 is 1.80 bits per heavy atom. The molecule has 1 heterocycles. The van der Waals surface area contributed by atoms with E-state index in [0.717, 1.165) is 11.3 Å². The average molecular weight is 328 g/mol. The predicted octanol–water partition coefficient (Wildman–Crippen LogP) is 3.81. The van der Waals surface area contributed by atoms with Crippen LogP contribution in [0.25, 0.3) is 5.69 Å².